The highest BCUT2D eigenvalue weighted by atomic mass is 14.7. The zero-order valence-electron chi connectivity index (χ0n) is 26.3. The Morgan fingerprint density at radius 1 is 0.271 bits per heavy atom. The van der Waals surface area contributed by atoms with E-state index in [0.717, 1.165) is 28.1 Å². The summed E-state index contributed by atoms with van der Waals surface area (Å²) in [5.41, 5.74) is 11.5. The average Bonchev–Trinajstić information content (AvgIpc) is 3.17. The summed E-state index contributed by atoms with van der Waals surface area (Å²) in [7, 11) is 0. The minimum absolute atomic E-state index is 0.961. The molecule has 0 saturated heterocycles. The number of aromatic nitrogens is 1. The number of rotatable bonds is 5. The Bertz CT molecular complexity index is 2460. The van der Waals surface area contributed by atoms with Crippen LogP contribution in [0, 0.1) is 0 Å². The molecule has 0 saturated carbocycles. The summed E-state index contributed by atoms with van der Waals surface area (Å²) in [5.74, 6) is 0. The molecule has 48 heavy (non-hydrogen) atoms. The van der Waals surface area contributed by atoms with Crippen molar-refractivity contribution in [1.82, 2.24) is 4.98 Å². The van der Waals surface area contributed by atoms with Crippen LogP contribution in [0.4, 0.5) is 0 Å². The zero-order valence-corrected chi connectivity index (χ0v) is 26.3. The van der Waals surface area contributed by atoms with Gasteiger partial charge in [0.15, 0.2) is 0 Å². The average molecular weight is 610 g/mol. The van der Waals surface area contributed by atoms with Crippen LogP contribution in [0.25, 0.3) is 88.2 Å². The van der Waals surface area contributed by atoms with E-state index in [1.54, 1.807) is 0 Å². The number of fused-ring (bicyclic) bond motifs is 3. The molecule has 9 aromatic rings. The first-order valence-corrected chi connectivity index (χ1v) is 16.5. The van der Waals surface area contributed by atoms with Crippen LogP contribution >= 0.6 is 0 Å². The number of pyridine rings is 1. The summed E-state index contributed by atoms with van der Waals surface area (Å²) in [5, 5.41) is 7.55. The van der Waals surface area contributed by atoms with Gasteiger partial charge in [-0.3, -0.25) is 0 Å². The van der Waals surface area contributed by atoms with Crippen LogP contribution in [0.3, 0.4) is 0 Å². The fourth-order valence-corrected chi connectivity index (χ4v) is 7.21. The Morgan fingerprint density at radius 2 is 0.708 bits per heavy atom. The van der Waals surface area contributed by atoms with Gasteiger partial charge in [0, 0.05) is 11.1 Å². The van der Waals surface area contributed by atoms with Crippen LogP contribution in [0.15, 0.2) is 188 Å². The van der Waals surface area contributed by atoms with Gasteiger partial charge >= 0.3 is 0 Å². The Labute approximate surface area is 280 Å². The predicted molar refractivity (Wildman–Crippen MR) is 204 cm³/mol. The van der Waals surface area contributed by atoms with E-state index >= 15 is 0 Å². The first kappa shape index (κ1) is 28.0. The Kier molecular flexibility index (Phi) is 6.87. The molecule has 0 fully saturated rings. The maximum absolute atomic E-state index is 5.17. The summed E-state index contributed by atoms with van der Waals surface area (Å²) in [4.78, 5) is 5.17. The van der Waals surface area contributed by atoms with Gasteiger partial charge in [0.25, 0.3) is 0 Å². The maximum Gasteiger partial charge on any atom is 0.0715 e. The van der Waals surface area contributed by atoms with Gasteiger partial charge < -0.3 is 0 Å². The predicted octanol–water partition coefficient (Wildman–Crippen LogP) is 12.9. The third-order valence-electron chi connectivity index (χ3n) is 9.46. The third kappa shape index (κ3) is 4.85. The fourth-order valence-electron chi connectivity index (χ4n) is 7.21. The van der Waals surface area contributed by atoms with Gasteiger partial charge in [-0.25, -0.2) is 4.98 Å². The molecular formula is C47H31N. The van der Waals surface area contributed by atoms with Crippen molar-refractivity contribution in [3.05, 3.63) is 188 Å². The molecular weight excluding hydrogens is 579 g/mol. The summed E-state index contributed by atoms with van der Waals surface area (Å²) in [6, 6.07) is 67.5. The van der Waals surface area contributed by atoms with E-state index in [1.165, 1.54) is 60.1 Å². The highest BCUT2D eigenvalue weighted by Gasteiger charge is 2.18. The molecule has 8 aromatic carbocycles. The van der Waals surface area contributed by atoms with Crippen LogP contribution in [0.5, 0.6) is 0 Å². The third-order valence-corrected chi connectivity index (χ3v) is 9.46. The number of benzene rings is 8. The van der Waals surface area contributed by atoms with Crippen molar-refractivity contribution < 1.29 is 0 Å². The van der Waals surface area contributed by atoms with E-state index in [2.05, 4.69) is 182 Å². The Morgan fingerprint density at radius 3 is 1.31 bits per heavy atom. The van der Waals surface area contributed by atoms with Gasteiger partial charge in [0.1, 0.15) is 0 Å². The van der Waals surface area contributed by atoms with Gasteiger partial charge in [0.2, 0.25) is 0 Å². The van der Waals surface area contributed by atoms with Crippen molar-refractivity contribution in [2.24, 2.45) is 0 Å². The van der Waals surface area contributed by atoms with Crippen molar-refractivity contribution in [1.29, 1.82) is 0 Å². The lowest BCUT2D eigenvalue weighted by molar-refractivity contribution is 1.32. The molecule has 0 radical (unpaired) electrons. The molecule has 0 amide bonds. The van der Waals surface area contributed by atoms with Crippen LogP contribution in [-0.4, -0.2) is 4.98 Å². The molecule has 1 aromatic heterocycles. The van der Waals surface area contributed by atoms with Gasteiger partial charge in [-0.05, 0) is 77.8 Å². The normalized spacial score (nSPS) is 11.3. The molecule has 1 heterocycles. The van der Waals surface area contributed by atoms with Gasteiger partial charge in [0.05, 0.1) is 11.4 Å². The number of hydrogen-bond acceptors (Lipinski definition) is 1. The molecule has 9 rings (SSSR count). The SMILES string of the molecule is c1ccc(-c2cc(-c3ccccc3)nc(-c3ccc(-c4c5ccccc5c(-c5cccc6ccccc56)c5ccccc45)cc3)c2)cc1. The smallest absolute Gasteiger partial charge is 0.0715 e. The monoisotopic (exact) mass is 609 g/mol. The van der Waals surface area contributed by atoms with E-state index in [0.29, 0.717) is 0 Å². The van der Waals surface area contributed by atoms with Crippen molar-refractivity contribution >= 4 is 32.3 Å². The molecule has 0 bridgehead atoms. The summed E-state index contributed by atoms with van der Waals surface area (Å²) < 4.78 is 0. The molecule has 0 spiro atoms. The Balaban J connectivity index is 1.22. The highest BCUT2D eigenvalue weighted by molar-refractivity contribution is 6.23. The first-order chi connectivity index (χ1) is 23.8. The topological polar surface area (TPSA) is 12.9 Å². The van der Waals surface area contributed by atoms with Gasteiger partial charge in [-0.1, -0.05) is 176 Å². The largest absolute Gasteiger partial charge is 0.248 e. The van der Waals surface area contributed by atoms with E-state index in [1.807, 2.05) is 6.07 Å². The quantitative estimate of drug-likeness (QED) is 0.177. The van der Waals surface area contributed by atoms with Crippen molar-refractivity contribution in [2.45, 2.75) is 0 Å². The van der Waals surface area contributed by atoms with Crippen LogP contribution in [0.2, 0.25) is 0 Å². The standard InChI is InChI=1S/C47H31N/c1-3-14-32(15-4-1)37-30-44(34-17-5-2-6-18-34)48-45(31-37)35-26-28-36(29-27-35)46-40-21-9-11-23-42(40)47(43-24-12-10-22-41(43)46)39-25-13-19-33-16-7-8-20-38(33)39/h1-31H. The fraction of sp³-hybridized carbons (Fsp3) is 0. The lowest BCUT2D eigenvalue weighted by atomic mass is 9.84. The van der Waals surface area contributed by atoms with E-state index in [9.17, 15) is 0 Å². The van der Waals surface area contributed by atoms with E-state index in [-0.39, 0.29) is 0 Å². The van der Waals surface area contributed by atoms with Crippen molar-refractivity contribution in [3.63, 3.8) is 0 Å². The molecule has 1 heteroatoms. The number of nitrogens with zero attached hydrogens (tertiary/aromatic N) is 1. The van der Waals surface area contributed by atoms with Gasteiger partial charge in [-0.15, -0.1) is 0 Å². The van der Waals surface area contributed by atoms with Crippen LogP contribution in [0.1, 0.15) is 0 Å². The van der Waals surface area contributed by atoms with E-state index in [4.69, 9.17) is 4.98 Å². The minimum atomic E-state index is 0.961. The molecule has 0 atom stereocenters. The highest BCUT2D eigenvalue weighted by Crippen LogP contribution is 2.45. The molecule has 0 aliphatic carbocycles. The second kappa shape index (κ2) is 11.8. The molecule has 0 aliphatic rings. The Hall–Kier alpha value is -6.31. The molecule has 0 N–H and O–H groups in total. The maximum atomic E-state index is 5.17. The molecule has 0 aliphatic heterocycles. The number of hydrogen-bond donors (Lipinski definition) is 0. The second-order valence-electron chi connectivity index (χ2n) is 12.3. The molecule has 0 unspecified atom stereocenters. The summed E-state index contributed by atoms with van der Waals surface area (Å²) >= 11 is 0. The molecule has 224 valence electrons. The summed E-state index contributed by atoms with van der Waals surface area (Å²) in [6.07, 6.45) is 0. The van der Waals surface area contributed by atoms with E-state index < -0.39 is 0 Å². The lowest BCUT2D eigenvalue weighted by Crippen LogP contribution is -1.93. The van der Waals surface area contributed by atoms with Crippen LogP contribution in [-0.2, 0) is 0 Å². The first-order valence-electron chi connectivity index (χ1n) is 16.5. The lowest BCUT2D eigenvalue weighted by Gasteiger charge is -2.19. The second-order valence-corrected chi connectivity index (χ2v) is 12.3. The van der Waals surface area contributed by atoms with Gasteiger partial charge in [-0.2, -0.15) is 0 Å². The van der Waals surface area contributed by atoms with Crippen molar-refractivity contribution in [3.8, 4) is 55.9 Å². The van der Waals surface area contributed by atoms with Crippen molar-refractivity contribution in [2.75, 3.05) is 0 Å². The zero-order chi connectivity index (χ0) is 31.9. The summed E-state index contributed by atoms with van der Waals surface area (Å²) in [6.45, 7) is 0. The minimum Gasteiger partial charge on any atom is -0.248 e. The van der Waals surface area contributed by atoms with Crippen LogP contribution < -0.4 is 0 Å². The molecule has 1 nitrogen and oxygen atoms in total.